The summed E-state index contributed by atoms with van der Waals surface area (Å²) in [6, 6.07) is 6.36. The molecule has 10 nitrogen and oxygen atoms in total. The summed E-state index contributed by atoms with van der Waals surface area (Å²) in [5.41, 5.74) is 0.301. The van der Waals surface area contributed by atoms with Crippen molar-refractivity contribution >= 4 is 29.4 Å². The smallest absolute Gasteiger partial charge is 0.414 e. The molecule has 1 aromatic heterocycles. The minimum atomic E-state index is -0.557. The Labute approximate surface area is 191 Å². The Balaban J connectivity index is 1.34. The van der Waals surface area contributed by atoms with Gasteiger partial charge in [-0.1, -0.05) is 5.16 Å². The highest BCUT2D eigenvalue weighted by Gasteiger charge is 2.33. The van der Waals surface area contributed by atoms with Gasteiger partial charge in [0.2, 0.25) is 0 Å². The average Bonchev–Trinajstić information content (AvgIpc) is 3.40. The third kappa shape index (κ3) is 5.47. The first-order chi connectivity index (χ1) is 15.7. The number of hydrogen-bond acceptors (Lipinski definition) is 8. The molecule has 0 saturated carbocycles. The van der Waals surface area contributed by atoms with E-state index in [-0.39, 0.29) is 12.6 Å². The van der Waals surface area contributed by atoms with E-state index in [4.69, 9.17) is 14.0 Å². The van der Waals surface area contributed by atoms with Crippen LogP contribution in [0.15, 0.2) is 35.1 Å². The summed E-state index contributed by atoms with van der Waals surface area (Å²) in [5.74, 6) is 0.113. The van der Waals surface area contributed by atoms with Crippen molar-refractivity contribution in [3.8, 4) is 0 Å². The van der Waals surface area contributed by atoms with E-state index in [1.54, 1.807) is 23.1 Å². The van der Waals surface area contributed by atoms with E-state index < -0.39 is 23.6 Å². The van der Waals surface area contributed by atoms with Crippen LogP contribution in [0.25, 0.3) is 0 Å². The fourth-order valence-electron chi connectivity index (χ4n) is 3.74. The van der Waals surface area contributed by atoms with Gasteiger partial charge in [0.1, 0.15) is 23.8 Å². The van der Waals surface area contributed by atoms with Crippen molar-refractivity contribution in [2.45, 2.75) is 32.5 Å². The van der Waals surface area contributed by atoms with Gasteiger partial charge in [-0.2, -0.15) is 0 Å². The maximum Gasteiger partial charge on any atom is 0.414 e. The van der Waals surface area contributed by atoms with Crippen LogP contribution in [-0.2, 0) is 9.47 Å². The maximum atomic E-state index is 15.0. The van der Waals surface area contributed by atoms with Crippen molar-refractivity contribution in [1.82, 2.24) is 10.1 Å². The van der Waals surface area contributed by atoms with Crippen molar-refractivity contribution < 1.29 is 28.0 Å². The topological polar surface area (TPSA) is 100 Å². The summed E-state index contributed by atoms with van der Waals surface area (Å²) in [5, 5.41) is 6.77. The summed E-state index contributed by atoms with van der Waals surface area (Å²) in [7, 11) is 0. The second-order valence-electron chi connectivity index (χ2n) is 8.97. The Morgan fingerprint density at radius 1 is 1.24 bits per heavy atom. The van der Waals surface area contributed by atoms with E-state index in [9.17, 15) is 14.0 Å². The molecule has 3 heterocycles. The Kier molecular flexibility index (Phi) is 6.30. The summed E-state index contributed by atoms with van der Waals surface area (Å²) < 4.78 is 30.5. The normalized spacial score (nSPS) is 19.0. The molecular formula is C22H28FN5O5. The largest absolute Gasteiger partial charge is 0.444 e. The van der Waals surface area contributed by atoms with Crippen molar-refractivity contribution in [2.75, 3.05) is 54.4 Å². The van der Waals surface area contributed by atoms with Gasteiger partial charge >= 0.3 is 12.2 Å². The number of amides is 2. The highest BCUT2D eigenvalue weighted by atomic mass is 19.1. The van der Waals surface area contributed by atoms with Crippen molar-refractivity contribution in [1.29, 1.82) is 0 Å². The van der Waals surface area contributed by atoms with E-state index in [2.05, 4.69) is 10.5 Å². The Morgan fingerprint density at radius 3 is 2.64 bits per heavy atom. The Hall–Kier alpha value is -3.50. The molecule has 0 aliphatic carbocycles. The number of carbonyl (C=O) groups is 2. The number of anilines is 3. The number of ether oxygens (including phenoxy) is 2. The molecule has 2 aliphatic heterocycles. The van der Waals surface area contributed by atoms with E-state index in [1.165, 1.54) is 17.2 Å². The van der Waals surface area contributed by atoms with Crippen LogP contribution in [0.2, 0.25) is 0 Å². The first-order valence-electron chi connectivity index (χ1n) is 10.8. The lowest BCUT2D eigenvalue weighted by atomic mass is 10.2. The number of aromatic nitrogens is 1. The third-order valence-corrected chi connectivity index (χ3v) is 5.34. The van der Waals surface area contributed by atoms with E-state index >= 15 is 0 Å². The average molecular weight is 461 g/mol. The minimum absolute atomic E-state index is 0.289. The monoisotopic (exact) mass is 461 g/mol. The predicted molar refractivity (Wildman–Crippen MR) is 119 cm³/mol. The van der Waals surface area contributed by atoms with Gasteiger partial charge in [0.05, 0.1) is 24.5 Å². The molecule has 2 saturated heterocycles. The molecule has 33 heavy (non-hydrogen) atoms. The zero-order valence-electron chi connectivity index (χ0n) is 18.9. The third-order valence-electron chi connectivity index (χ3n) is 5.34. The minimum Gasteiger partial charge on any atom is -0.444 e. The summed E-state index contributed by atoms with van der Waals surface area (Å²) in [4.78, 5) is 29.5. The lowest BCUT2D eigenvalue weighted by Gasteiger charge is -2.37. The van der Waals surface area contributed by atoms with Crippen LogP contribution in [0.3, 0.4) is 0 Å². The van der Waals surface area contributed by atoms with Crippen molar-refractivity contribution in [3.05, 3.63) is 36.3 Å². The van der Waals surface area contributed by atoms with Gasteiger partial charge in [-0.05, 0) is 39.0 Å². The number of rotatable bonds is 5. The standard InChI is InChI=1S/C22H28FN5O5/c1-22(2,3)33-20(29)27-9-7-26(8-10-27)18-5-4-15(12-17(18)23)28-14-16(32-21(28)30)13-24-19-6-11-31-25-19/h4-6,11-12,16H,7-10,13-14H2,1-3H3,(H,24,25)/t16-/m0/s1. The van der Waals surface area contributed by atoms with Crippen LogP contribution in [0, 0.1) is 5.82 Å². The molecular weight excluding hydrogens is 433 g/mol. The van der Waals surface area contributed by atoms with Gasteiger partial charge < -0.3 is 29.1 Å². The maximum absolute atomic E-state index is 15.0. The van der Waals surface area contributed by atoms with Crippen LogP contribution in [0.1, 0.15) is 20.8 Å². The highest BCUT2D eigenvalue weighted by molar-refractivity contribution is 5.90. The molecule has 178 valence electrons. The van der Waals surface area contributed by atoms with Crippen LogP contribution in [0.4, 0.5) is 31.2 Å². The zero-order chi connectivity index (χ0) is 23.6. The van der Waals surface area contributed by atoms with E-state index in [0.717, 1.165) is 0 Å². The van der Waals surface area contributed by atoms with Gasteiger partial charge in [0.15, 0.2) is 5.82 Å². The summed E-state index contributed by atoms with van der Waals surface area (Å²) in [6.45, 7) is 7.96. The molecule has 1 aromatic carbocycles. The number of carbonyl (C=O) groups excluding carboxylic acids is 2. The van der Waals surface area contributed by atoms with E-state index in [0.29, 0.717) is 49.9 Å². The van der Waals surface area contributed by atoms with Gasteiger partial charge in [0.25, 0.3) is 0 Å². The Morgan fingerprint density at radius 2 is 2.00 bits per heavy atom. The number of cyclic esters (lactones) is 1. The molecule has 11 heteroatoms. The van der Waals surface area contributed by atoms with Gasteiger partial charge in [-0.3, -0.25) is 4.90 Å². The quantitative estimate of drug-likeness (QED) is 0.724. The van der Waals surface area contributed by atoms with Crippen molar-refractivity contribution in [3.63, 3.8) is 0 Å². The molecule has 0 spiro atoms. The summed E-state index contributed by atoms with van der Waals surface area (Å²) in [6.07, 6.45) is 0.146. The molecule has 0 unspecified atom stereocenters. The molecule has 0 bridgehead atoms. The number of nitrogens with zero attached hydrogens (tertiary/aromatic N) is 4. The molecule has 4 rings (SSSR count). The second-order valence-corrected chi connectivity index (χ2v) is 8.97. The van der Waals surface area contributed by atoms with Crippen LogP contribution in [0.5, 0.6) is 0 Å². The van der Waals surface area contributed by atoms with Crippen molar-refractivity contribution in [2.24, 2.45) is 0 Å². The molecule has 2 fully saturated rings. The fraction of sp³-hybridized carbons (Fsp3) is 0.500. The van der Waals surface area contributed by atoms with Gasteiger partial charge in [0, 0.05) is 32.2 Å². The zero-order valence-corrected chi connectivity index (χ0v) is 18.9. The highest BCUT2D eigenvalue weighted by Crippen LogP contribution is 2.29. The van der Waals surface area contributed by atoms with Gasteiger partial charge in [-0.25, -0.2) is 14.0 Å². The number of piperazine rings is 1. The Bertz CT molecular complexity index is 986. The number of nitrogens with one attached hydrogen (secondary N) is 1. The van der Waals surface area contributed by atoms with E-state index in [1.807, 2.05) is 25.7 Å². The lowest BCUT2D eigenvalue weighted by molar-refractivity contribution is 0.0240. The van der Waals surface area contributed by atoms with Gasteiger partial charge in [-0.15, -0.1) is 0 Å². The molecule has 2 aromatic rings. The van der Waals surface area contributed by atoms with Crippen LogP contribution >= 0.6 is 0 Å². The fourth-order valence-corrected chi connectivity index (χ4v) is 3.74. The lowest BCUT2D eigenvalue weighted by Crippen LogP contribution is -2.50. The molecule has 2 aliphatic rings. The first-order valence-corrected chi connectivity index (χ1v) is 10.8. The number of halogens is 1. The summed E-state index contributed by atoms with van der Waals surface area (Å²) >= 11 is 0. The number of hydrogen-bond donors (Lipinski definition) is 1. The SMILES string of the molecule is CC(C)(C)OC(=O)N1CCN(c2ccc(N3C[C@H](CNc4ccon4)OC3=O)cc2F)CC1. The molecule has 1 atom stereocenters. The molecule has 2 amide bonds. The molecule has 0 radical (unpaired) electrons. The molecule has 1 N–H and O–H groups in total. The first kappa shape index (κ1) is 22.7. The second kappa shape index (κ2) is 9.16. The van der Waals surface area contributed by atoms with Crippen LogP contribution in [-0.4, -0.2) is 73.2 Å². The number of benzene rings is 1. The predicted octanol–water partition coefficient (Wildman–Crippen LogP) is 3.31. The van der Waals surface area contributed by atoms with Crippen LogP contribution < -0.4 is 15.1 Å².